The van der Waals surface area contributed by atoms with Gasteiger partial charge in [-0.2, -0.15) is 0 Å². The van der Waals surface area contributed by atoms with Crippen molar-refractivity contribution < 1.29 is 0 Å². The first-order chi connectivity index (χ1) is 8.45. The van der Waals surface area contributed by atoms with E-state index in [0.717, 1.165) is 12.6 Å². The molecule has 0 aliphatic heterocycles. The van der Waals surface area contributed by atoms with Gasteiger partial charge in [0.15, 0.2) is 0 Å². The highest BCUT2D eigenvalue weighted by molar-refractivity contribution is 5.09. The average molecular weight is 232 g/mol. The molecule has 0 saturated heterocycles. The predicted molar refractivity (Wildman–Crippen MR) is 72.1 cm³/mol. The van der Waals surface area contributed by atoms with Crippen molar-refractivity contribution in [2.75, 3.05) is 6.54 Å². The second kappa shape index (κ2) is 7.44. The number of aryl methyl sites for hydroxylation is 1. The van der Waals surface area contributed by atoms with E-state index in [-0.39, 0.29) is 0 Å². The maximum Gasteiger partial charge on any atom is 0.0270 e. The van der Waals surface area contributed by atoms with Gasteiger partial charge in [-0.05, 0) is 49.9 Å². The van der Waals surface area contributed by atoms with Crippen LogP contribution in [0.25, 0.3) is 0 Å². The third-order valence-electron chi connectivity index (χ3n) is 3.68. The van der Waals surface area contributed by atoms with Crippen LogP contribution in [0.5, 0.6) is 0 Å². The van der Waals surface area contributed by atoms with E-state index in [1.165, 1.54) is 56.9 Å². The van der Waals surface area contributed by atoms with Crippen LogP contribution in [0.4, 0.5) is 0 Å². The summed E-state index contributed by atoms with van der Waals surface area (Å²) in [6, 6.07) is 5.02. The predicted octanol–water partition coefficient (Wildman–Crippen LogP) is 3.33. The highest BCUT2D eigenvalue weighted by atomic mass is 14.9. The maximum atomic E-state index is 4.04. The second-order valence-electron chi connectivity index (χ2n) is 5.10. The zero-order chi connectivity index (χ0) is 11.8. The lowest BCUT2D eigenvalue weighted by molar-refractivity contribution is 0.456. The van der Waals surface area contributed by atoms with Gasteiger partial charge in [0.05, 0.1) is 0 Å². The summed E-state index contributed by atoms with van der Waals surface area (Å²) in [6.07, 6.45) is 14.7. The molecule has 0 atom stereocenters. The van der Waals surface area contributed by atoms with Crippen molar-refractivity contribution in [2.45, 2.75) is 57.4 Å². The summed E-state index contributed by atoms with van der Waals surface area (Å²) in [6.45, 7) is 1.16. The molecule has 1 aromatic rings. The number of aromatic nitrogens is 1. The summed E-state index contributed by atoms with van der Waals surface area (Å²) in [7, 11) is 0. The average Bonchev–Trinajstić information content (AvgIpc) is 2.65. The third-order valence-corrected chi connectivity index (χ3v) is 3.68. The zero-order valence-electron chi connectivity index (χ0n) is 10.7. The van der Waals surface area contributed by atoms with Crippen LogP contribution in [0.1, 0.15) is 50.5 Å². The molecule has 0 spiro atoms. The van der Waals surface area contributed by atoms with E-state index in [4.69, 9.17) is 0 Å². The summed E-state index contributed by atoms with van der Waals surface area (Å²) in [5.41, 5.74) is 1.41. The highest BCUT2D eigenvalue weighted by Crippen LogP contribution is 2.17. The molecule has 0 amide bonds. The number of nitrogens with zero attached hydrogens (tertiary/aromatic N) is 1. The number of hydrogen-bond acceptors (Lipinski definition) is 2. The molecule has 2 nitrogen and oxygen atoms in total. The SMILES string of the molecule is c1cc(CCCNC2CCCCCC2)ccn1. The fourth-order valence-electron chi connectivity index (χ4n) is 2.63. The Morgan fingerprint density at radius 2 is 1.76 bits per heavy atom. The zero-order valence-corrected chi connectivity index (χ0v) is 10.7. The van der Waals surface area contributed by atoms with E-state index in [0.29, 0.717) is 0 Å². The van der Waals surface area contributed by atoms with Crippen LogP contribution in [-0.4, -0.2) is 17.6 Å². The maximum absolute atomic E-state index is 4.04. The number of hydrogen-bond donors (Lipinski definition) is 1. The van der Waals surface area contributed by atoms with Crippen molar-refractivity contribution in [1.29, 1.82) is 0 Å². The third kappa shape index (κ3) is 4.86. The van der Waals surface area contributed by atoms with Gasteiger partial charge >= 0.3 is 0 Å². The van der Waals surface area contributed by atoms with E-state index in [2.05, 4.69) is 22.4 Å². The Morgan fingerprint density at radius 3 is 2.47 bits per heavy atom. The number of nitrogens with one attached hydrogen (secondary N) is 1. The van der Waals surface area contributed by atoms with Crippen LogP contribution < -0.4 is 5.32 Å². The van der Waals surface area contributed by atoms with Crippen molar-refractivity contribution in [3.63, 3.8) is 0 Å². The molecule has 1 aliphatic carbocycles. The first kappa shape index (κ1) is 12.6. The molecule has 0 unspecified atom stereocenters. The topological polar surface area (TPSA) is 24.9 Å². The minimum absolute atomic E-state index is 0.787. The van der Waals surface area contributed by atoms with Gasteiger partial charge in [-0.15, -0.1) is 0 Å². The normalized spacial score (nSPS) is 17.9. The molecule has 0 bridgehead atoms. The Bertz CT molecular complexity index is 289. The molecule has 1 heterocycles. The van der Waals surface area contributed by atoms with Gasteiger partial charge in [0.25, 0.3) is 0 Å². The molecule has 0 radical (unpaired) electrons. The van der Waals surface area contributed by atoms with E-state index >= 15 is 0 Å². The lowest BCUT2D eigenvalue weighted by atomic mass is 10.1. The molecular weight excluding hydrogens is 208 g/mol. The van der Waals surface area contributed by atoms with Crippen molar-refractivity contribution in [3.05, 3.63) is 30.1 Å². The molecule has 2 rings (SSSR count). The lowest BCUT2D eigenvalue weighted by Gasteiger charge is -2.15. The fraction of sp³-hybridized carbons (Fsp3) is 0.667. The summed E-state index contributed by atoms with van der Waals surface area (Å²) in [4.78, 5) is 4.04. The smallest absolute Gasteiger partial charge is 0.0270 e. The number of rotatable bonds is 5. The molecule has 17 heavy (non-hydrogen) atoms. The molecule has 1 aliphatic rings. The van der Waals surface area contributed by atoms with E-state index < -0.39 is 0 Å². The summed E-state index contributed by atoms with van der Waals surface area (Å²) < 4.78 is 0. The Labute approximate surface area is 105 Å². The van der Waals surface area contributed by atoms with Gasteiger partial charge in [-0.25, -0.2) is 0 Å². The summed E-state index contributed by atoms with van der Waals surface area (Å²) >= 11 is 0. The van der Waals surface area contributed by atoms with Crippen molar-refractivity contribution in [2.24, 2.45) is 0 Å². The van der Waals surface area contributed by atoms with Gasteiger partial charge in [0.2, 0.25) is 0 Å². The van der Waals surface area contributed by atoms with Crippen LogP contribution in [0.2, 0.25) is 0 Å². The molecule has 0 aromatic carbocycles. The van der Waals surface area contributed by atoms with Crippen LogP contribution in [0.15, 0.2) is 24.5 Å². The Balaban J connectivity index is 1.59. The van der Waals surface area contributed by atoms with Crippen LogP contribution in [-0.2, 0) is 6.42 Å². The van der Waals surface area contributed by atoms with Gasteiger partial charge < -0.3 is 5.32 Å². The Kier molecular flexibility index (Phi) is 5.50. The van der Waals surface area contributed by atoms with Crippen molar-refractivity contribution >= 4 is 0 Å². The van der Waals surface area contributed by atoms with Crippen LogP contribution >= 0.6 is 0 Å². The molecule has 1 saturated carbocycles. The molecule has 94 valence electrons. The monoisotopic (exact) mass is 232 g/mol. The molecule has 1 aromatic heterocycles. The van der Waals surface area contributed by atoms with Gasteiger partial charge in [-0.3, -0.25) is 4.98 Å². The highest BCUT2D eigenvalue weighted by Gasteiger charge is 2.10. The standard InChI is InChI=1S/C15H24N2/c1-2-4-8-15(7-3-1)17-11-5-6-14-9-12-16-13-10-14/h9-10,12-13,15,17H,1-8,11H2. The quantitative estimate of drug-likeness (QED) is 0.622. The summed E-state index contributed by atoms with van der Waals surface area (Å²) in [5, 5.41) is 3.72. The Hall–Kier alpha value is -0.890. The van der Waals surface area contributed by atoms with Crippen LogP contribution in [0.3, 0.4) is 0 Å². The second-order valence-corrected chi connectivity index (χ2v) is 5.10. The largest absolute Gasteiger partial charge is 0.314 e. The molecule has 1 N–H and O–H groups in total. The van der Waals surface area contributed by atoms with Gasteiger partial charge in [-0.1, -0.05) is 25.7 Å². The first-order valence-electron chi connectivity index (χ1n) is 7.07. The number of pyridine rings is 1. The molecule has 2 heteroatoms. The minimum Gasteiger partial charge on any atom is -0.314 e. The van der Waals surface area contributed by atoms with E-state index in [9.17, 15) is 0 Å². The van der Waals surface area contributed by atoms with E-state index in [1.54, 1.807) is 0 Å². The lowest BCUT2D eigenvalue weighted by Crippen LogP contribution is -2.29. The van der Waals surface area contributed by atoms with Crippen LogP contribution in [0, 0.1) is 0 Å². The van der Waals surface area contributed by atoms with Crippen molar-refractivity contribution in [1.82, 2.24) is 10.3 Å². The molecular formula is C15H24N2. The van der Waals surface area contributed by atoms with Gasteiger partial charge in [0.1, 0.15) is 0 Å². The summed E-state index contributed by atoms with van der Waals surface area (Å²) in [5.74, 6) is 0. The van der Waals surface area contributed by atoms with Crippen molar-refractivity contribution in [3.8, 4) is 0 Å². The molecule has 1 fully saturated rings. The fourth-order valence-corrected chi connectivity index (χ4v) is 2.63. The van der Waals surface area contributed by atoms with Gasteiger partial charge in [0, 0.05) is 18.4 Å². The van der Waals surface area contributed by atoms with E-state index in [1.807, 2.05) is 12.4 Å². The first-order valence-corrected chi connectivity index (χ1v) is 7.07. The Morgan fingerprint density at radius 1 is 1.06 bits per heavy atom. The minimum atomic E-state index is 0.787.